The Kier molecular flexibility index (Phi) is 4.75. The van der Waals surface area contributed by atoms with Gasteiger partial charge in [-0.25, -0.2) is 0 Å². The molecule has 1 heterocycles. The van der Waals surface area contributed by atoms with Crippen molar-refractivity contribution in [2.75, 3.05) is 0 Å². The number of aliphatic carboxylic acids is 1. The number of hydrogen-bond acceptors (Lipinski definition) is 4. The summed E-state index contributed by atoms with van der Waals surface area (Å²) >= 11 is 0. The summed E-state index contributed by atoms with van der Waals surface area (Å²) < 4.78 is 5.58. The van der Waals surface area contributed by atoms with Crippen LogP contribution >= 0.6 is 0 Å². The summed E-state index contributed by atoms with van der Waals surface area (Å²) in [7, 11) is 0. The van der Waals surface area contributed by atoms with Crippen LogP contribution in [-0.4, -0.2) is 33.9 Å². The minimum atomic E-state index is -1.09. The normalized spacial score (nSPS) is 14.5. The first-order valence-corrected chi connectivity index (χ1v) is 8.34. The highest BCUT2D eigenvalue weighted by Crippen LogP contribution is 2.34. The number of carboxylic acid groups (broad SMARTS) is 1. The molecule has 3 rings (SSSR count). The fourth-order valence-corrected chi connectivity index (χ4v) is 3.06. The Balaban J connectivity index is 1.96. The predicted octanol–water partition coefficient (Wildman–Crippen LogP) is 3.29. The summed E-state index contributed by atoms with van der Waals surface area (Å²) in [4.78, 5) is 37.8. The zero-order valence-electron chi connectivity index (χ0n) is 14.5. The molecule has 0 radical (unpaired) electrons. The van der Waals surface area contributed by atoms with Crippen LogP contribution in [0, 0.1) is 0 Å². The molecule has 26 heavy (non-hydrogen) atoms. The van der Waals surface area contributed by atoms with Gasteiger partial charge in [0, 0.05) is 0 Å². The Bertz CT molecular complexity index is 822. The van der Waals surface area contributed by atoms with Gasteiger partial charge < -0.3 is 9.84 Å². The highest BCUT2D eigenvalue weighted by Gasteiger charge is 2.41. The molecule has 2 amide bonds. The maximum atomic E-state index is 12.7. The molecular weight excluding hydrogens is 334 g/mol. The molecule has 134 valence electrons. The molecule has 0 aromatic heterocycles. The quantitative estimate of drug-likeness (QED) is 0.806. The Morgan fingerprint density at radius 1 is 1.00 bits per heavy atom. The van der Waals surface area contributed by atoms with Crippen molar-refractivity contribution >= 4 is 17.8 Å². The molecule has 6 heteroatoms. The van der Waals surface area contributed by atoms with E-state index in [-0.39, 0.29) is 12.5 Å². The minimum absolute atomic E-state index is 0.00639. The number of carbonyl (C=O) groups excluding carboxylic acids is 2. The monoisotopic (exact) mass is 353 g/mol. The van der Waals surface area contributed by atoms with Crippen LogP contribution in [-0.2, 0) is 4.79 Å². The van der Waals surface area contributed by atoms with Gasteiger partial charge in [0.25, 0.3) is 11.8 Å². The van der Waals surface area contributed by atoms with Crippen molar-refractivity contribution in [3.8, 4) is 5.75 Å². The van der Waals surface area contributed by atoms with Crippen molar-refractivity contribution in [2.45, 2.75) is 32.4 Å². The van der Waals surface area contributed by atoms with Crippen molar-refractivity contribution in [1.29, 1.82) is 0 Å². The number of imide groups is 1. The lowest BCUT2D eigenvalue weighted by molar-refractivity contribution is -0.138. The zero-order valence-corrected chi connectivity index (χ0v) is 14.5. The number of fused-ring (bicyclic) bond motifs is 1. The summed E-state index contributed by atoms with van der Waals surface area (Å²) in [5, 5.41) is 9.29. The Labute approximate surface area is 151 Å². The molecule has 1 aliphatic heterocycles. The van der Waals surface area contributed by atoms with Crippen LogP contribution in [0.2, 0.25) is 0 Å². The van der Waals surface area contributed by atoms with Crippen molar-refractivity contribution in [3.05, 3.63) is 65.2 Å². The first kappa shape index (κ1) is 17.7. The number of rotatable bonds is 6. The van der Waals surface area contributed by atoms with Crippen LogP contribution in [0.5, 0.6) is 5.75 Å². The minimum Gasteiger partial charge on any atom is -0.491 e. The van der Waals surface area contributed by atoms with Crippen LogP contribution in [0.4, 0.5) is 0 Å². The average molecular weight is 353 g/mol. The smallest absolute Gasteiger partial charge is 0.305 e. The molecule has 2 aromatic rings. The standard InChI is InChI=1S/C20H19NO5/c1-12(2)26-14-9-7-13(8-10-14)17(11-18(22)23)21-19(24)15-5-3-4-6-16(15)20(21)25/h3-10,12,17H,11H2,1-2H3,(H,22,23)/t17-/m1/s1. The van der Waals surface area contributed by atoms with Gasteiger partial charge in [-0.3, -0.25) is 19.3 Å². The number of carboxylic acids is 1. The van der Waals surface area contributed by atoms with Gasteiger partial charge in [0.05, 0.1) is 29.7 Å². The van der Waals surface area contributed by atoms with E-state index in [0.717, 1.165) is 4.90 Å². The molecule has 0 saturated heterocycles. The van der Waals surface area contributed by atoms with E-state index < -0.39 is 23.8 Å². The molecule has 1 aliphatic rings. The summed E-state index contributed by atoms with van der Waals surface area (Å²) in [5.74, 6) is -1.40. The first-order chi connectivity index (χ1) is 12.4. The van der Waals surface area contributed by atoms with Gasteiger partial charge in [0.1, 0.15) is 5.75 Å². The largest absolute Gasteiger partial charge is 0.491 e. The third-order valence-corrected chi connectivity index (χ3v) is 4.14. The predicted molar refractivity (Wildman–Crippen MR) is 94.1 cm³/mol. The van der Waals surface area contributed by atoms with E-state index in [4.69, 9.17) is 4.74 Å². The molecule has 1 N–H and O–H groups in total. The molecule has 6 nitrogen and oxygen atoms in total. The number of carbonyl (C=O) groups is 3. The van der Waals surface area contributed by atoms with Gasteiger partial charge in [-0.15, -0.1) is 0 Å². The fraction of sp³-hybridized carbons (Fsp3) is 0.250. The average Bonchev–Trinajstić information content (AvgIpc) is 2.85. The third kappa shape index (κ3) is 3.31. The second kappa shape index (κ2) is 7.00. The second-order valence-electron chi connectivity index (χ2n) is 6.38. The summed E-state index contributed by atoms with van der Waals surface area (Å²) in [6.07, 6.45) is -0.359. The van der Waals surface area contributed by atoms with Crippen LogP contribution < -0.4 is 4.74 Å². The van der Waals surface area contributed by atoms with Crippen LogP contribution in [0.25, 0.3) is 0 Å². The Hall–Kier alpha value is -3.15. The summed E-state index contributed by atoms with van der Waals surface area (Å²) in [5.41, 5.74) is 1.17. The molecule has 0 saturated carbocycles. The molecule has 0 aliphatic carbocycles. The maximum Gasteiger partial charge on any atom is 0.305 e. The lowest BCUT2D eigenvalue weighted by Gasteiger charge is -2.25. The molecule has 1 atom stereocenters. The molecule has 0 fully saturated rings. The van der Waals surface area contributed by atoms with E-state index >= 15 is 0 Å². The van der Waals surface area contributed by atoms with E-state index in [1.54, 1.807) is 48.5 Å². The number of ether oxygens (including phenoxy) is 1. The van der Waals surface area contributed by atoms with Gasteiger partial charge >= 0.3 is 5.97 Å². The molecule has 0 unspecified atom stereocenters. The van der Waals surface area contributed by atoms with E-state index in [0.29, 0.717) is 22.4 Å². The first-order valence-electron chi connectivity index (χ1n) is 8.34. The highest BCUT2D eigenvalue weighted by atomic mass is 16.5. The van der Waals surface area contributed by atoms with E-state index in [1.807, 2.05) is 13.8 Å². The van der Waals surface area contributed by atoms with Crippen LogP contribution in [0.3, 0.4) is 0 Å². The Morgan fingerprint density at radius 3 is 2.00 bits per heavy atom. The van der Waals surface area contributed by atoms with E-state index in [2.05, 4.69) is 0 Å². The van der Waals surface area contributed by atoms with Gasteiger partial charge in [-0.05, 0) is 43.7 Å². The van der Waals surface area contributed by atoms with Crippen molar-refractivity contribution in [3.63, 3.8) is 0 Å². The zero-order chi connectivity index (χ0) is 18.8. The van der Waals surface area contributed by atoms with Crippen LogP contribution in [0.1, 0.15) is 52.6 Å². The van der Waals surface area contributed by atoms with E-state index in [1.165, 1.54) is 0 Å². The van der Waals surface area contributed by atoms with Crippen molar-refractivity contribution in [1.82, 2.24) is 4.90 Å². The Morgan fingerprint density at radius 2 is 1.54 bits per heavy atom. The molecule has 2 aromatic carbocycles. The summed E-state index contributed by atoms with van der Waals surface area (Å²) in [6, 6.07) is 12.4. The molecular formula is C20H19NO5. The number of amides is 2. The number of nitrogens with zero attached hydrogens (tertiary/aromatic N) is 1. The van der Waals surface area contributed by atoms with Crippen LogP contribution in [0.15, 0.2) is 48.5 Å². The summed E-state index contributed by atoms with van der Waals surface area (Å²) in [6.45, 7) is 3.81. The molecule has 0 spiro atoms. The molecule has 0 bridgehead atoms. The van der Waals surface area contributed by atoms with Gasteiger partial charge in [0.15, 0.2) is 0 Å². The van der Waals surface area contributed by atoms with Gasteiger partial charge in [-0.2, -0.15) is 0 Å². The highest BCUT2D eigenvalue weighted by molar-refractivity contribution is 6.21. The van der Waals surface area contributed by atoms with Gasteiger partial charge in [0.2, 0.25) is 0 Å². The second-order valence-corrected chi connectivity index (χ2v) is 6.38. The lowest BCUT2D eigenvalue weighted by atomic mass is 10.0. The van der Waals surface area contributed by atoms with Gasteiger partial charge in [-0.1, -0.05) is 24.3 Å². The number of hydrogen-bond donors (Lipinski definition) is 1. The lowest BCUT2D eigenvalue weighted by Crippen LogP contribution is -2.35. The van der Waals surface area contributed by atoms with Crippen molar-refractivity contribution in [2.24, 2.45) is 0 Å². The third-order valence-electron chi connectivity index (χ3n) is 4.14. The van der Waals surface area contributed by atoms with Crippen molar-refractivity contribution < 1.29 is 24.2 Å². The fourth-order valence-electron chi connectivity index (χ4n) is 3.06. The van der Waals surface area contributed by atoms with E-state index in [9.17, 15) is 19.5 Å². The topological polar surface area (TPSA) is 83.9 Å². The maximum absolute atomic E-state index is 12.7. The SMILES string of the molecule is CC(C)Oc1ccc([C@@H](CC(=O)O)N2C(=O)c3ccccc3C2=O)cc1. The number of benzene rings is 2.